The number of methoxy groups -OCH3 is 1. The first-order valence-electron chi connectivity index (χ1n) is 7.59. The topological polar surface area (TPSA) is 47.6 Å². The van der Waals surface area contributed by atoms with Gasteiger partial charge in [-0.2, -0.15) is 13.2 Å². The number of alkyl halides is 3. The molecule has 0 saturated carbocycles. The second-order valence-electron chi connectivity index (χ2n) is 5.02. The predicted molar refractivity (Wildman–Crippen MR) is 90.0 cm³/mol. The number of carbonyl (C=O) groups is 1. The number of hydrogen-bond donors (Lipinski definition) is 1. The van der Waals surface area contributed by atoms with Crippen LogP contribution in [0.25, 0.3) is 0 Å². The number of para-hydroxylation sites is 2. The van der Waals surface area contributed by atoms with Gasteiger partial charge in [-0.1, -0.05) is 36.1 Å². The molecule has 7 heteroatoms. The second-order valence-corrected chi connectivity index (χ2v) is 5.02. The molecule has 2 aromatic rings. The lowest BCUT2D eigenvalue weighted by Crippen LogP contribution is -2.26. The van der Waals surface area contributed by atoms with Crippen LogP contribution >= 0.6 is 0 Å². The number of carbonyl (C=O) groups excluding carboxylic acids is 1. The molecule has 0 spiro atoms. The second kappa shape index (κ2) is 8.81. The fourth-order valence-corrected chi connectivity index (χ4v) is 2.11. The third-order valence-corrected chi connectivity index (χ3v) is 3.31. The number of benzene rings is 2. The van der Waals surface area contributed by atoms with Crippen LogP contribution < -0.4 is 14.8 Å². The average Bonchev–Trinajstić information content (AvgIpc) is 2.64. The highest BCUT2D eigenvalue weighted by atomic mass is 19.4. The fourth-order valence-electron chi connectivity index (χ4n) is 2.11. The SMILES string of the molecule is COc1ccccc1OCC#CCNC(=O)c1ccccc1C(F)(F)F. The zero-order chi connectivity index (χ0) is 19.0. The van der Waals surface area contributed by atoms with Crippen molar-refractivity contribution in [3.63, 3.8) is 0 Å². The number of hydrogen-bond acceptors (Lipinski definition) is 3. The van der Waals surface area contributed by atoms with Crippen molar-refractivity contribution in [3.05, 3.63) is 59.7 Å². The van der Waals surface area contributed by atoms with Gasteiger partial charge in [0, 0.05) is 0 Å². The molecule has 4 nitrogen and oxygen atoms in total. The maximum Gasteiger partial charge on any atom is 0.417 e. The van der Waals surface area contributed by atoms with Crippen LogP contribution in [-0.4, -0.2) is 26.2 Å². The Morgan fingerprint density at radius 2 is 1.69 bits per heavy atom. The molecule has 0 atom stereocenters. The van der Waals surface area contributed by atoms with Crippen LogP contribution in [0.2, 0.25) is 0 Å². The zero-order valence-electron chi connectivity index (χ0n) is 13.9. The number of nitrogens with one attached hydrogen (secondary N) is 1. The largest absolute Gasteiger partial charge is 0.493 e. The van der Waals surface area contributed by atoms with Crippen molar-refractivity contribution in [1.29, 1.82) is 0 Å². The summed E-state index contributed by atoms with van der Waals surface area (Å²) in [7, 11) is 1.52. The molecule has 1 amide bonds. The summed E-state index contributed by atoms with van der Waals surface area (Å²) in [5.74, 6) is 5.54. The Morgan fingerprint density at radius 1 is 1.04 bits per heavy atom. The van der Waals surface area contributed by atoms with Crippen LogP contribution in [-0.2, 0) is 6.18 Å². The van der Waals surface area contributed by atoms with Crippen molar-refractivity contribution in [2.45, 2.75) is 6.18 Å². The van der Waals surface area contributed by atoms with E-state index in [0.29, 0.717) is 11.5 Å². The van der Waals surface area contributed by atoms with E-state index in [0.717, 1.165) is 12.1 Å². The van der Waals surface area contributed by atoms with Gasteiger partial charge in [0.1, 0.15) is 6.61 Å². The van der Waals surface area contributed by atoms with Gasteiger partial charge in [0.15, 0.2) is 11.5 Å². The molecule has 0 aliphatic rings. The molecule has 1 N–H and O–H groups in total. The molecule has 0 heterocycles. The number of ether oxygens (including phenoxy) is 2. The summed E-state index contributed by atoms with van der Waals surface area (Å²) in [6.07, 6.45) is -4.60. The standard InChI is InChI=1S/C19H16F3NO3/c1-25-16-10-4-5-11-17(16)26-13-7-6-12-23-18(24)14-8-2-3-9-15(14)19(20,21)22/h2-5,8-11H,12-13H2,1H3,(H,23,24). The lowest BCUT2D eigenvalue weighted by Gasteiger charge is -2.11. The van der Waals surface area contributed by atoms with E-state index in [-0.39, 0.29) is 13.2 Å². The molecule has 2 rings (SSSR count). The summed E-state index contributed by atoms with van der Waals surface area (Å²) in [5.41, 5.74) is -1.42. The Morgan fingerprint density at radius 3 is 2.38 bits per heavy atom. The van der Waals surface area contributed by atoms with Crippen molar-refractivity contribution in [2.75, 3.05) is 20.3 Å². The van der Waals surface area contributed by atoms with Crippen molar-refractivity contribution in [3.8, 4) is 23.3 Å². The molecule has 136 valence electrons. The van der Waals surface area contributed by atoms with Gasteiger partial charge < -0.3 is 14.8 Å². The third-order valence-electron chi connectivity index (χ3n) is 3.31. The van der Waals surface area contributed by atoms with Crippen molar-refractivity contribution in [2.24, 2.45) is 0 Å². The van der Waals surface area contributed by atoms with Gasteiger partial charge in [-0.15, -0.1) is 0 Å². The lowest BCUT2D eigenvalue weighted by atomic mass is 10.1. The molecule has 26 heavy (non-hydrogen) atoms. The van der Waals surface area contributed by atoms with Crippen molar-refractivity contribution in [1.82, 2.24) is 5.32 Å². The molecule has 0 bridgehead atoms. The van der Waals surface area contributed by atoms with Crippen LogP contribution in [0, 0.1) is 11.8 Å². The monoisotopic (exact) mass is 363 g/mol. The van der Waals surface area contributed by atoms with Crippen LogP contribution in [0.3, 0.4) is 0 Å². The van der Waals surface area contributed by atoms with E-state index in [2.05, 4.69) is 17.2 Å². The minimum atomic E-state index is -4.60. The minimum Gasteiger partial charge on any atom is -0.493 e. The molecule has 0 unspecified atom stereocenters. The van der Waals surface area contributed by atoms with Crippen molar-refractivity contribution >= 4 is 5.91 Å². The Kier molecular flexibility index (Phi) is 6.50. The molecular formula is C19H16F3NO3. The molecule has 2 aromatic carbocycles. The normalized spacial score (nSPS) is 10.5. The van der Waals surface area contributed by atoms with E-state index in [1.54, 1.807) is 24.3 Å². The maximum absolute atomic E-state index is 12.9. The van der Waals surface area contributed by atoms with E-state index in [4.69, 9.17) is 9.47 Å². The summed E-state index contributed by atoms with van der Waals surface area (Å²) in [4.78, 5) is 11.9. The van der Waals surface area contributed by atoms with E-state index < -0.39 is 23.2 Å². The first-order chi connectivity index (χ1) is 12.4. The summed E-state index contributed by atoms with van der Waals surface area (Å²) < 4.78 is 49.2. The van der Waals surface area contributed by atoms with Crippen LogP contribution in [0.1, 0.15) is 15.9 Å². The van der Waals surface area contributed by atoms with E-state index in [1.807, 2.05) is 0 Å². The van der Waals surface area contributed by atoms with Gasteiger partial charge in [-0.3, -0.25) is 4.79 Å². The van der Waals surface area contributed by atoms with Gasteiger partial charge in [0.05, 0.1) is 24.8 Å². The Bertz CT molecular complexity index is 823. The van der Waals surface area contributed by atoms with Gasteiger partial charge in [0.2, 0.25) is 0 Å². The Labute approximate surface area is 148 Å². The lowest BCUT2D eigenvalue weighted by molar-refractivity contribution is -0.137. The van der Waals surface area contributed by atoms with E-state index >= 15 is 0 Å². The van der Waals surface area contributed by atoms with Crippen LogP contribution in [0.4, 0.5) is 13.2 Å². The van der Waals surface area contributed by atoms with Gasteiger partial charge in [-0.05, 0) is 24.3 Å². The highest BCUT2D eigenvalue weighted by Gasteiger charge is 2.34. The maximum atomic E-state index is 12.9. The number of amides is 1. The molecule has 0 aliphatic heterocycles. The Hall–Kier alpha value is -3.14. The minimum absolute atomic E-state index is 0.0510. The molecular weight excluding hydrogens is 347 g/mol. The first kappa shape index (κ1) is 19.2. The predicted octanol–water partition coefficient (Wildman–Crippen LogP) is 3.53. The summed E-state index contributed by atoms with van der Waals surface area (Å²) in [6, 6.07) is 11.6. The van der Waals surface area contributed by atoms with Gasteiger partial charge in [-0.25, -0.2) is 0 Å². The summed E-state index contributed by atoms with van der Waals surface area (Å²) in [6.45, 7) is -0.0459. The summed E-state index contributed by atoms with van der Waals surface area (Å²) >= 11 is 0. The van der Waals surface area contributed by atoms with Crippen LogP contribution in [0.15, 0.2) is 48.5 Å². The van der Waals surface area contributed by atoms with Gasteiger partial charge in [0.25, 0.3) is 5.91 Å². The third kappa shape index (κ3) is 5.18. The number of rotatable bonds is 5. The Balaban J connectivity index is 1.88. The van der Waals surface area contributed by atoms with Gasteiger partial charge >= 0.3 is 6.18 Å². The molecule has 0 aromatic heterocycles. The smallest absolute Gasteiger partial charge is 0.417 e. The fraction of sp³-hybridized carbons (Fsp3) is 0.211. The number of halogens is 3. The zero-order valence-corrected chi connectivity index (χ0v) is 13.9. The first-order valence-corrected chi connectivity index (χ1v) is 7.59. The average molecular weight is 363 g/mol. The molecule has 0 aliphatic carbocycles. The molecule has 0 fully saturated rings. The van der Waals surface area contributed by atoms with E-state index in [1.165, 1.54) is 19.2 Å². The highest BCUT2D eigenvalue weighted by Crippen LogP contribution is 2.31. The molecule has 0 radical (unpaired) electrons. The van der Waals surface area contributed by atoms with Crippen LogP contribution in [0.5, 0.6) is 11.5 Å². The summed E-state index contributed by atoms with van der Waals surface area (Å²) in [5, 5.41) is 2.34. The van der Waals surface area contributed by atoms with Crippen molar-refractivity contribution < 1.29 is 27.4 Å². The quantitative estimate of drug-likeness (QED) is 0.827. The molecule has 0 saturated heterocycles. The highest BCUT2D eigenvalue weighted by molar-refractivity contribution is 5.96. The van der Waals surface area contributed by atoms with E-state index in [9.17, 15) is 18.0 Å².